The van der Waals surface area contributed by atoms with Crippen molar-refractivity contribution < 1.29 is 18.9 Å². The number of aliphatic imine (C=N–C) groups is 1. The molecule has 0 saturated carbocycles. The fraction of sp³-hybridized carbons (Fsp3) is 0.0909. The Morgan fingerprint density at radius 3 is 2.75 bits per heavy atom. The minimum absolute atomic E-state index is 0.140. The number of ether oxygens (including phenoxy) is 1. The smallest absolute Gasteiger partial charge is 0.284 e. The van der Waals surface area contributed by atoms with E-state index >= 15 is 0 Å². The molecule has 3 aromatic rings. The van der Waals surface area contributed by atoms with Gasteiger partial charge < -0.3 is 14.5 Å². The number of methoxy groups -OCH3 is 1. The van der Waals surface area contributed by atoms with Crippen molar-refractivity contribution in [1.29, 1.82) is 0 Å². The predicted octanol–water partition coefficient (Wildman–Crippen LogP) is 5.72. The van der Waals surface area contributed by atoms with E-state index in [-0.39, 0.29) is 11.6 Å². The summed E-state index contributed by atoms with van der Waals surface area (Å²) in [6, 6.07) is 13.1. The fourth-order valence-electron chi connectivity index (χ4n) is 3.04. The molecule has 1 aliphatic heterocycles. The summed E-state index contributed by atoms with van der Waals surface area (Å²) in [7, 11) is 1.44. The maximum atomic E-state index is 12.4. The van der Waals surface area contributed by atoms with Gasteiger partial charge in [0.1, 0.15) is 17.3 Å². The van der Waals surface area contributed by atoms with Crippen molar-refractivity contribution >= 4 is 51.9 Å². The third-order valence-electron chi connectivity index (χ3n) is 4.60. The van der Waals surface area contributed by atoms with Gasteiger partial charge in [-0.2, -0.15) is 0 Å². The molecular weight excluding hydrogens is 454 g/mol. The number of thioether (sulfide) groups is 1. The average Bonchev–Trinajstić information content (AvgIpc) is 3.36. The second-order valence-corrected chi connectivity index (χ2v) is 8.22. The monoisotopic (exact) mass is 469 g/mol. The first kappa shape index (κ1) is 21.7. The van der Waals surface area contributed by atoms with Crippen LogP contribution in [0.2, 0.25) is 5.02 Å². The van der Waals surface area contributed by atoms with Crippen molar-refractivity contribution in [3.05, 3.63) is 79.9 Å². The van der Waals surface area contributed by atoms with E-state index in [1.807, 2.05) is 6.92 Å². The highest BCUT2D eigenvalue weighted by Crippen LogP contribution is 2.35. The van der Waals surface area contributed by atoms with Gasteiger partial charge in [0.25, 0.3) is 11.6 Å². The fourth-order valence-corrected chi connectivity index (χ4v) is 4.08. The maximum Gasteiger partial charge on any atom is 0.284 e. The lowest BCUT2D eigenvalue weighted by Gasteiger charge is -2.03. The molecule has 1 fully saturated rings. The van der Waals surface area contributed by atoms with E-state index < -0.39 is 4.92 Å². The Morgan fingerprint density at radius 1 is 1.22 bits per heavy atom. The molecule has 0 atom stereocenters. The van der Waals surface area contributed by atoms with Crippen molar-refractivity contribution in [2.24, 2.45) is 4.99 Å². The summed E-state index contributed by atoms with van der Waals surface area (Å²) in [6.45, 7) is 1.88. The minimum Gasteiger partial charge on any atom is -0.497 e. The van der Waals surface area contributed by atoms with E-state index in [0.717, 1.165) is 5.56 Å². The maximum absolute atomic E-state index is 12.4. The van der Waals surface area contributed by atoms with Gasteiger partial charge in [0.2, 0.25) is 0 Å². The first-order chi connectivity index (χ1) is 15.3. The number of carbonyl (C=O) groups is 1. The van der Waals surface area contributed by atoms with Crippen LogP contribution in [0.1, 0.15) is 11.3 Å². The number of nitro benzene ring substituents is 1. The SMILES string of the molecule is COc1ccc(-c2ccc(/C=C3\SC(=Nc4ccc(Cl)cc4C)NC3=O)o2)c([N+](=O)[O-])c1. The van der Waals surface area contributed by atoms with Gasteiger partial charge in [0.15, 0.2) is 5.17 Å². The molecule has 1 aliphatic rings. The second kappa shape index (κ2) is 8.89. The molecule has 1 saturated heterocycles. The van der Waals surface area contributed by atoms with Gasteiger partial charge in [0.05, 0.1) is 34.3 Å². The Bertz CT molecular complexity index is 1300. The summed E-state index contributed by atoms with van der Waals surface area (Å²) in [6.07, 6.45) is 1.57. The number of amides is 1. The van der Waals surface area contributed by atoms with E-state index in [9.17, 15) is 14.9 Å². The average molecular weight is 470 g/mol. The lowest BCUT2D eigenvalue weighted by Crippen LogP contribution is -2.19. The van der Waals surface area contributed by atoms with E-state index in [1.54, 1.807) is 48.5 Å². The Labute approximate surface area is 192 Å². The molecule has 162 valence electrons. The number of hydrogen-bond acceptors (Lipinski definition) is 7. The summed E-state index contributed by atoms with van der Waals surface area (Å²) in [4.78, 5) is 28.2. The summed E-state index contributed by atoms with van der Waals surface area (Å²) >= 11 is 7.14. The molecule has 2 aromatic carbocycles. The summed E-state index contributed by atoms with van der Waals surface area (Å²) < 4.78 is 10.8. The summed E-state index contributed by atoms with van der Waals surface area (Å²) in [5.41, 5.74) is 1.75. The zero-order valence-electron chi connectivity index (χ0n) is 16.9. The van der Waals surface area contributed by atoms with Crippen molar-refractivity contribution in [2.45, 2.75) is 6.92 Å². The quantitative estimate of drug-likeness (QED) is 0.291. The third kappa shape index (κ3) is 4.53. The molecule has 2 heterocycles. The topological polar surface area (TPSA) is 107 Å². The van der Waals surface area contributed by atoms with Crippen LogP contribution in [-0.4, -0.2) is 23.1 Å². The first-order valence-corrected chi connectivity index (χ1v) is 10.5. The Morgan fingerprint density at radius 2 is 2.03 bits per heavy atom. The molecule has 32 heavy (non-hydrogen) atoms. The number of aryl methyl sites for hydroxylation is 1. The van der Waals surface area contributed by atoms with Gasteiger partial charge in [-0.15, -0.1) is 0 Å². The van der Waals surface area contributed by atoms with Crippen LogP contribution in [-0.2, 0) is 4.79 Å². The molecule has 0 bridgehead atoms. The molecule has 0 spiro atoms. The van der Waals surface area contributed by atoms with Crippen LogP contribution in [0.15, 0.2) is 62.8 Å². The zero-order chi connectivity index (χ0) is 22.8. The number of hydrogen-bond donors (Lipinski definition) is 1. The summed E-state index contributed by atoms with van der Waals surface area (Å²) in [5, 5.41) is 15.2. The molecule has 0 radical (unpaired) electrons. The van der Waals surface area contributed by atoms with Crippen molar-refractivity contribution in [1.82, 2.24) is 5.32 Å². The summed E-state index contributed by atoms with van der Waals surface area (Å²) in [5.74, 6) is 0.747. The number of rotatable bonds is 5. The lowest BCUT2D eigenvalue weighted by atomic mass is 10.1. The molecule has 1 aromatic heterocycles. The third-order valence-corrected chi connectivity index (χ3v) is 5.74. The lowest BCUT2D eigenvalue weighted by molar-refractivity contribution is -0.384. The molecule has 0 unspecified atom stereocenters. The molecule has 1 N–H and O–H groups in total. The van der Waals surface area contributed by atoms with Crippen molar-refractivity contribution in [3.8, 4) is 17.1 Å². The van der Waals surface area contributed by atoms with Gasteiger partial charge in [-0.05, 0) is 66.7 Å². The van der Waals surface area contributed by atoms with Crippen LogP contribution in [0, 0.1) is 17.0 Å². The van der Waals surface area contributed by atoms with E-state index in [1.165, 1.54) is 24.9 Å². The number of carbonyl (C=O) groups excluding carboxylic acids is 1. The van der Waals surface area contributed by atoms with Crippen LogP contribution in [0.3, 0.4) is 0 Å². The molecular formula is C22H16ClN3O5S. The largest absolute Gasteiger partial charge is 0.497 e. The van der Waals surface area contributed by atoms with Crippen molar-refractivity contribution in [3.63, 3.8) is 0 Å². The highest BCUT2D eigenvalue weighted by atomic mass is 35.5. The Balaban J connectivity index is 1.59. The molecule has 0 aliphatic carbocycles. The first-order valence-electron chi connectivity index (χ1n) is 9.32. The second-order valence-electron chi connectivity index (χ2n) is 6.75. The van der Waals surface area contributed by atoms with E-state index in [4.69, 9.17) is 20.8 Å². The van der Waals surface area contributed by atoms with Gasteiger partial charge in [-0.1, -0.05) is 11.6 Å². The van der Waals surface area contributed by atoms with Crippen LogP contribution in [0.25, 0.3) is 17.4 Å². The van der Waals surface area contributed by atoms with Crippen LogP contribution >= 0.6 is 23.4 Å². The van der Waals surface area contributed by atoms with Gasteiger partial charge in [-0.25, -0.2) is 4.99 Å². The molecule has 1 amide bonds. The minimum atomic E-state index is -0.500. The number of nitrogens with zero attached hydrogens (tertiary/aromatic N) is 2. The van der Waals surface area contributed by atoms with Gasteiger partial charge in [-0.3, -0.25) is 14.9 Å². The molecule has 8 nitrogen and oxygen atoms in total. The highest BCUT2D eigenvalue weighted by Gasteiger charge is 2.25. The number of halogens is 1. The van der Waals surface area contributed by atoms with Crippen LogP contribution in [0.5, 0.6) is 5.75 Å². The standard InChI is InChI=1S/C22H16ClN3O5S/c1-12-9-13(23)3-7-17(12)24-22-25-21(27)20(32-22)11-15-5-8-19(31-15)16-6-4-14(30-2)10-18(16)26(28)29/h3-11H,1-2H3,(H,24,25,27)/b20-11-. The van der Waals surface area contributed by atoms with Gasteiger partial charge in [0, 0.05) is 11.1 Å². The van der Waals surface area contributed by atoms with Crippen molar-refractivity contribution in [2.75, 3.05) is 7.11 Å². The zero-order valence-corrected chi connectivity index (χ0v) is 18.5. The number of nitro groups is 1. The van der Waals surface area contributed by atoms with Crippen LogP contribution in [0.4, 0.5) is 11.4 Å². The Hall–Kier alpha value is -3.56. The molecule has 4 rings (SSSR count). The highest BCUT2D eigenvalue weighted by molar-refractivity contribution is 8.18. The number of furan rings is 1. The number of nitrogens with one attached hydrogen (secondary N) is 1. The predicted molar refractivity (Wildman–Crippen MR) is 124 cm³/mol. The van der Waals surface area contributed by atoms with Gasteiger partial charge >= 0.3 is 0 Å². The van der Waals surface area contributed by atoms with Crippen LogP contribution < -0.4 is 10.1 Å². The van der Waals surface area contributed by atoms with E-state index in [2.05, 4.69) is 10.3 Å². The Kier molecular flexibility index (Phi) is 6.02. The van der Waals surface area contributed by atoms with E-state index in [0.29, 0.717) is 43.6 Å². The molecule has 10 heteroatoms. The number of benzene rings is 2. The number of amidine groups is 1. The normalized spacial score (nSPS) is 15.9.